The molecular weight excluding hydrogens is 487 g/mol. The molecule has 0 aliphatic carbocycles. The Morgan fingerprint density at radius 2 is 1.81 bits per heavy atom. The molecule has 0 saturated carbocycles. The van der Waals surface area contributed by atoms with E-state index in [0.717, 1.165) is 33.7 Å². The van der Waals surface area contributed by atoms with Crippen molar-refractivity contribution in [3.8, 4) is 11.5 Å². The summed E-state index contributed by atoms with van der Waals surface area (Å²) in [5.74, 6) is 0.566. The van der Waals surface area contributed by atoms with Gasteiger partial charge in [0, 0.05) is 30.8 Å². The maximum atomic E-state index is 13.0. The molecule has 0 radical (unpaired) electrons. The van der Waals surface area contributed by atoms with E-state index in [-0.39, 0.29) is 6.54 Å². The predicted octanol–water partition coefficient (Wildman–Crippen LogP) is 4.52. The smallest absolute Gasteiger partial charge is 0.420 e. The monoisotopic (exact) mass is 513 g/mol. The highest BCUT2D eigenvalue weighted by atomic mass is 19.4. The summed E-state index contributed by atoms with van der Waals surface area (Å²) in [6, 6.07) is 13.1. The van der Waals surface area contributed by atoms with Crippen molar-refractivity contribution in [2.45, 2.75) is 32.6 Å². The fourth-order valence-corrected chi connectivity index (χ4v) is 3.89. The minimum atomic E-state index is -4.66. The maximum absolute atomic E-state index is 13.0. The van der Waals surface area contributed by atoms with Gasteiger partial charge in [-0.3, -0.25) is 14.6 Å². The number of H-pyrrole nitrogens is 1. The van der Waals surface area contributed by atoms with Crippen LogP contribution in [0.3, 0.4) is 0 Å². The van der Waals surface area contributed by atoms with Crippen molar-refractivity contribution < 1.29 is 27.4 Å². The lowest BCUT2D eigenvalue weighted by Crippen LogP contribution is -2.25. The van der Waals surface area contributed by atoms with Crippen LogP contribution in [0.15, 0.2) is 54.9 Å². The topological polar surface area (TPSA) is 94.1 Å². The van der Waals surface area contributed by atoms with Gasteiger partial charge >= 0.3 is 6.18 Å². The third-order valence-corrected chi connectivity index (χ3v) is 5.89. The largest absolute Gasteiger partial charge is 0.497 e. The molecule has 8 nitrogen and oxygen atoms in total. The molecule has 11 heteroatoms. The Bertz CT molecular complexity index is 1380. The Morgan fingerprint density at radius 3 is 2.49 bits per heavy atom. The van der Waals surface area contributed by atoms with E-state index >= 15 is 0 Å². The highest BCUT2D eigenvalue weighted by molar-refractivity contribution is 5.93. The van der Waals surface area contributed by atoms with Gasteiger partial charge in [-0.15, -0.1) is 0 Å². The molecule has 37 heavy (non-hydrogen) atoms. The Labute approximate surface area is 211 Å². The minimum absolute atomic E-state index is 0.0762. The summed E-state index contributed by atoms with van der Waals surface area (Å²) in [4.78, 5) is 12.2. The van der Waals surface area contributed by atoms with Crippen molar-refractivity contribution in [2.24, 2.45) is 0 Å². The normalized spacial score (nSPS) is 11.4. The second-order valence-corrected chi connectivity index (χ2v) is 8.47. The van der Waals surface area contributed by atoms with Gasteiger partial charge in [-0.2, -0.15) is 23.4 Å². The van der Waals surface area contributed by atoms with Crippen LogP contribution in [-0.4, -0.2) is 40.1 Å². The van der Waals surface area contributed by atoms with Gasteiger partial charge in [0.05, 0.1) is 32.7 Å². The summed E-state index contributed by atoms with van der Waals surface area (Å²) in [5, 5.41) is 12.7. The number of rotatable bonds is 9. The summed E-state index contributed by atoms with van der Waals surface area (Å²) in [7, 11) is 3.22. The van der Waals surface area contributed by atoms with Crippen molar-refractivity contribution in [1.82, 2.24) is 25.3 Å². The van der Waals surface area contributed by atoms with Crippen LogP contribution < -0.4 is 14.8 Å². The van der Waals surface area contributed by atoms with Crippen LogP contribution in [0.5, 0.6) is 11.5 Å². The number of ether oxygens (including phenoxy) is 2. The Kier molecular flexibility index (Phi) is 7.51. The number of hydrogen-bond donors (Lipinski definition) is 2. The summed E-state index contributed by atoms with van der Waals surface area (Å²) >= 11 is 0. The number of amides is 1. The van der Waals surface area contributed by atoms with Crippen LogP contribution in [-0.2, 0) is 25.7 Å². The van der Waals surface area contributed by atoms with Crippen LogP contribution in [0.25, 0.3) is 0 Å². The SMILES string of the molecule is COc1ccc(Cn2cc(C)c(Cc3ccc(CNC(=O)c4[nH]ncc4C(F)(F)F)cc3)n2)c(OC)c1. The van der Waals surface area contributed by atoms with Gasteiger partial charge in [-0.05, 0) is 35.7 Å². The second-order valence-electron chi connectivity index (χ2n) is 8.47. The number of alkyl halides is 3. The molecule has 0 aliphatic heterocycles. The molecule has 2 aromatic heterocycles. The fourth-order valence-electron chi connectivity index (χ4n) is 3.89. The average molecular weight is 514 g/mol. The van der Waals surface area contributed by atoms with Crippen LogP contribution in [0.2, 0.25) is 0 Å². The first kappa shape index (κ1) is 25.8. The molecule has 0 saturated heterocycles. The van der Waals surface area contributed by atoms with Gasteiger partial charge in [-0.1, -0.05) is 24.3 Å². The van der Waals surface area contributed by atoms with Crippen LogP contribution >= 0.6 is 0 Å². The zero-order valence-corrected chi connectivity index (χ0v) is 20.5. The number of carbonyl (C=O) groups excluding carboxylic acids is 1. The number of nitrogens with zero attached hydrogens (tertiary/aromatic N) is 3. The van der Waals surface area contributed by atoms with Crippen molar-refractivity contribution in [3.05, 3.63) is 94.1 Å². The third-order valence-electron chi connectivity index (χ3n) is 5.89. The first-order chi connectivity index (χ1) is 17.7. The minimum Gasteiger partial charge on any atom is -0.497 e. The molecule has 2 aromatic carbocycles. The van der Waals surface area contributed by atoms with Gasteiger partial charge in [0.15, 0.2) is 0 Å². The summed E-state index contributed by atoms with van der Waals surface area (Å²) in [6.07, 6.45) is -1.48. The fraction of sp³-hybridized carbons (Fsp3) is 0.269. The predicted molar refractivity (Wildman–Crippen MR) is 130 cm³/mol. The molecule has 194 valence electrons. The molecular formula is C26H26F3N5O3. The Morgan fingerprint density at radius 1 is 1.08 bits per heavy atom. The molecule has 2 heterocycles. The quantitative estimate of drug-likeness (QED) is 0.343. The molecule has 1 amide bonds. The van der Waals surface area contributed by atoms with Gasteiger partial charge in [0.25, 0.3) is 5.91 Å². The second kappa shape index (κ2) is 10.8. The van der Waals surface area contributed by atoms with E-state index < -0.39 is 23.3 Å². The highest BCUT2D eigenvalue weighted by Crippen LogP contribution is 2.31. The molecule has 4 rings (SSSR count). The molecule has 0 atom stereocenters. The lowest BCUT2D eigenvalue weighted by molar-refractivity contribution is -0.137. The zero-order valence-electron chi connectivity index (χ0n) is 20.5. The summed E-state index contributed by atoms with van der Waals surface area (Å²) in [6.45, 7) is 2.62. The number of benzene rings is 2. The van der Waals surface area contributed by atoms with Crippen molar-refractivity contribution in [3.63, 3.8) is 0 Å². The van der Waals surface area contributed by atoms with E-state index in [9.17, 15) is 18.0 Å². The standard InChI is InChI=1S/C26H26F3N5O3/c1-16-14-34(15-19-8-9-20(36-2)11-23(19)37-3)33-22(16)10-17-4-6-18(7-5-17)12-30-25(35)24-21(13-31-32-24)26(27,28)29/h4-9,11,13-14H,10,12,15H2,1-3H3,(H,30,35)(H,31,32). The lowest BCUT2D eigenvalue weighted by Gasteiger charge is -2.10. The number of halogens is 3. The number of aryl methyl sites for hydroxylation is 1. The first-order valence-electron chi connectivity index (χ1n) is 11.4. The first-order valence-corrected chi connectivity index (χ1v) is 11.4. The molecule has 4 aromatic rings. The van der Waals surface area contributed by atoms with Gasteiger partial charge in [0.1, 0.15) is 22.8 Å². The van der Waals surface area contributed by atoms with Crippen molar-refractivity contribution in [2.75, 3.05) is 14.2 Å². The van der Waals surface area contributed by atoms with Crippen LogP contribution in [0, 0.1) is 6.92 Å². The van der Waals surface area contributed by atoms with Crippen LogP contribution in [0.4, 0.5) is 13.2 Å². The van der Waals surface area contributed by atoms with Crippen molar-refractivity contribution >= 4 is 5.91 Å². The molecule has 2 N–H and O–H groups in total. The van der Waals surface area contributed by atoms with E-state index in [4.69, 9.17) is 14.6 Å². The third kappa shape index (κ3) is 6.11. The number of nitrogens with one attached hydrogen (secondary N) is 2. The van der Waals surface area contributed by atoms with E-state index in [2.05, 4.69) is 15.5 Å². The lowest BCUT2D eigenvalue weighted by atomic mass is 10.1. The van der Waals surface area contributed by atoms with E-state index in [1.54, 1.807) is 14.2 Å². The number of hydrogen-bond acceptors (Lipinski definition) is 5. The van der Waals surface area contributed by atoms with E-state index in [0.29, 0.717) is 24.9 Å². The van der Waals surface area contributed by atoms with Crippen molar-refractivity contribution in [1.29, 1.82) is 0 Å². The molecule has 0 spiro atoms. The number of aromatic nitrogens is 4. The van der Waals surface area contributed by atoms with E-state index in [1.807, 2.05) is 60.3 Å². The highest BCUT2D eigenvalue weighted by Gasteiger charge is 2.37. The average Bonchev–Trinajstić information content (AvgIpc) is 3.51. The molecule has 0 unspecified atom stereocenters. The Hall–Kier alpha value is -4.28. The molecule has 0 bridgehead atoms. The number of aromatic amines is 1. The summed E-state index contributed by atoms with van der Waals surface area (Å²) in [5.41, 5.74) is 3.00. The summed E-state index contributed by atoms with van der Waals surface area (Å²) < 4.78 is 51.5. The van der Waals surface area contributed by atoms with E-state index in [1.165, 1.54) is 0 Å². The molecule has 0 fully saturated rings. The Balaban J connectivity index is 1.37. The number of carbonyl (C=O) groups is 1. The van der Waals surface area contributed by atoms with Crippen LogP contribution in [0.1, 0.15) is 44.0 Å². The van der Waals surface area contributed by atoms with Gasteiger partial charge < -0.3 is 14.8 Å². The zero-order chi connectivity index (χ0) is 26.6. The molecule has 0 aliphatic rings. The van der Waals surface area contributed by atoms with Gasteiger partial charge in [-0.25, -0.2) is 0 Å². The van der Waals surface area contributed by atoms with Gasteiger partial charge in [0.2, 0.25) is 0 Å². The number of methoxy groups -OCH3 is 2. The maximum Gasteiger partial charge on any atom is 0.420 e.